The maximum absolute atomic E-state index is 15.1. The molecule has 1 aliphatic heterocycles. The molecule has 5 rings (SSSR count). The average molecular weight is 663 g/mol. The van der Waals surface area contributed by atoms with Gasteiger partial charge < -0.3 is 39.6 Å². The van der Waals surface area contributed by atoms with Gasteiger partial charge in [0, 0.05) is 35.9 Å². The number of hydrogen-bond acceptors (Lipinski definition) is 9. The summed E-state index contributed by atoms with van der Waals surface area (Å²) >= 11 is 0. The van der Waals surface area contributed by atoms with Gasteiger partial charge in [0.25, 0.3) is 0 Å². The van der Waals surface area contributed by atoms with Crippen molar-refractivity contribution in [2.45, 2.75) is 33.1 Å². The van der Waals surface area contributed by atoms with E-state index in [2.05, 4.69) is 20.9 Å². The van der Waals surface area contributed by atoms with Crippen LogP contribution in [0.1, 0.15) is 32.3 Å². The lowest BCUT2D eigenvalue weighted by Crippen LogP contribution is -2.36. The standard InChI is InChI=1S/C34H37FN4O7.C2H6/c1-42-29-6-4-21(16-30(29)43-2)10-14-38-33(40)34(41)39-23-5-7-28(25(35)17-23)46-27-11-15-37-26-19-32(31(44-3)18-24(26)27)45-20-22-8-12-36-13-9-22;1-2/h4-7,11,15-19,22,36H,8-10,12-14,20H2,1-3H3,(H,38,40)(H,39,41);1-2H3. The minimum atomic E-state index is -0.925. The zero-order valence-corrected chi connectivity index (χ0v) is 28.0. The number of benzene rings is 3. The molecule has 4 aromatic rings. The van der Waals surface area contributed by atoms with Crippen LogP contribution in [0.5, 0.6) is 34.5 Å². The summed E-state index contributed by atoms with van der Waals surface area (Å²) in [5.41, 5.74) is 1.58. The van der Waals surface area contributed by atoms with E-state index < -0.39 is 17.6 Å². The van der Waals surface area contributed by atoms with E-state index in [0.29, 0.717) is 58.6 Å². The molecule has 12 heteroatoms. The molecule has 0 bridgehead atoms. The monoisotopic (exact) mass is 662 g/mol. The zero-order chi connectivity index (χ0) is 34.5. The molecule has 11 nitrogen and oxygen atoms in total. The molecule has 0 unspecified atom stereocenters. The fourth-order valence-corrected chi connectivity index (χ4v) is 5.15. The molecular formula is C36H43FN4O7. The number of fused-ring (bicyclic) bond motifs is 1. The van der Waals surface area contributed by atoms with Crippen LogP contribution in [0.15, 0.2) is 60.8 Å². The Morgan fingerprint density at radius 1 is 0.833 bits per heavy atom. The van der Waals surface area contributed by atoms with Gasteiger partial charge in [0.05, 0.1) is 33.5 Å². The number of amides is 2. The van der Waals surface area contributed by atoms with Gasteiger partial charge in [0.15, 0.2) is 34.6 Å². The van der Waals surface area contributed by atoms with Gasteiger partial charge >= 0.3 is 11.8 Å². The number of carbonyl (C=O) groups excluding carboxylic acids is 2. The summed E-state index contributed by atoms with van der Waals surface area (Å²) in [6, 6.07) is 14.5. The lowest BCUT2D eigenvalue weighted by atomic mass is 9.99. The van der Waals surface area contributed by atoms with E-state index in [9.17, 15) is 9.59 Å². The molecule has 1 saturated heterocycles. The Labute approximate surface area is 280 Å². The van der Waals surface area contributed by atoms with Gasteiger partial charge in [-0.15, -0.1) is 0 Å². The molecule has 3 N–H and O–H groups in total. The van der Waals surface area contributed by atoms with Gasteiger partial charge in [-0.05, 0) is 80.2 Å². The summed E-state index contributed by atoms with van der Waals surface area (Å²) < 4.78 is 43.2. The van der Waals surface area contributed by atoms with Crippen LogP contribution in [0.4, 0.5) is 10.1 Å². The number of aromatic nitrogens is 1. The van der Waals surface area contributed by atoms with Crippen molar-refractivity contribution in [3.63, 3.8) is 0 Å². The van der Waals surface area contributed by atoms with Gasteiger partial charge in [-0.25, -0.2) is 4.39 Å². The summed E-state index contributed by atoms with van der Waals surface area (Å²) in [4.78, 5) is 29.3. The number of methoxy groups -OCH3 is 3. The third kappa shape index (κ3) is 9.25. The molecule has 0 saturated carbocycles. The van der Waals surface area contributed by atoms with Crippen molar-refractivity contribution in [2.75, 3.05) is 52.9 Å². The van der Waals surface area contributed by atoms with Gasteiger partial charge in [-0.2, -0.15) is 0 Å². The first-order chi connectivity index (χ1) is 23.4. The smallest absolute Gasteiger partial charge is 0.313 e. The van der Waals surface area contributed by atoms with E-state index in [-0.39, 0.29) is 18.0 Å². The predicted molar refractivity (Wildman–Crippen MR) is 182 cm³/mol. The maximum Gasteiger partial charge on any atom is 0.313 e. The summed E-state index contributed by atoms with van der Waals surface area (Å²) in [7, 11) is 4.64. The van der Waals surface area contributed by atoms with Crippen LogP contribution in [-0.2, 0) is 16.0 Å². The first-order valence-electron chi connectivity index (χ1n) is 16.0. The number of ether oxygens (including phenoxy) is 5. The second-order valence-electron chi connectivity index (χ2n) is 10.7. The normalized spacial score (nSPS) is 12.7. The Balaban J connectivity index is 0.00000255. The minimum absolute atomic E-state index is 0.0740. The van der Waals surface area contributed by atoms with Crippen molar-refractivity contribution < 1.29 is 37.7 Å². The Kier molecular flexibility index (Phi) is 13.2. The van der Waals surface area contributed by atoms with E-state index in [4.69, 9.17) is 23.7 Å². The van der Waals surface area contributed by atoms with Gasteiger partial charge in [0.2, 0.25) is 0 Å². The highest BCUT2D eigenvalue weighted by Gasteiger charge is 2.18. The van der Waals surface area contributed by atoms with Crippen molar-refractivity contribution in [3.8, 4) is 34.5 Å². The van der Waals surface area contributed by atoms with E-state index in [1.54, 1.807) is 50.7 Å². The van der Waals surface area contributed by atoms with Crippen molar-refractivity contribution >= 4 is 28.4 Å². The number of nitrogens with zero attached hydrogens (tertiary/aromatic N) is 1. The van der Waals surface area contributed by atoms with Crippen molar-refractivity contribution in [1.82, 2.24) is 15.6 Å². The lowest BCUT2D eigenvalue weighted by molar-refractivity contribution is -0.136. The Bertz CT molecular complexity index is 1700. The number of hydrogen-bond donors (Lipinski definition) is 3. The molecule has 3 aromatic carbocycles. The second-order valence-corrected chi connectivity index (χ2v) is 10.7. The number of nitrogens with one attached hydrogen (secondary N) is 3. The van der Waals surface area contributed by atoms with Gasteiger partial charge in [0.1, 0.15) is 5.75 Å². The molecular weight excluding hydrogens is 619 g/mol. The lowest BCUT2D eigenvalue weighted by Gasteiger charge is -2.23. The van der Waals surface area contributed by atoms with Crippen LogP contribution in [0.25, 0.3) is 10.9 Å². The van der Waals surface area contributed by atoms with Crippen LogP contribution in [-0.4, -0.2) is 64.4 Å². The molecule has 1 aliphatic rings. The maximum atomic E-state index is 15.1. The fraction of sp³-hybridized carbons (Fsp3) is 0.361. The minimum Gasteiger partial charge on any atom is -0.493 e. The number of anilines is 1. The molecule has 256 valence electrons. The largest absolute Gasteiger partial charge is 0.493 e. The molecule has 0 radical (unpaired) electrons. The Morgan fingerprint density at radius 3 is 2.25 bits per heavy atom. The summed E-state index contributed by atoms with van der Waals surface area (Å²) in [6.07, 6.45) is 4.13. The molecule has 0 atom stereocenters. The molecule has 0 aliphatic carbocycles. The number of carbonyl (C=O) groups is 2. The highest BCUT2D eigenvalue weighted by atomic mass is 19.1. The zero-order valence-electron chi connectivity index (χ0n) is 28.0. The molecule has 48 heavy (non-hydrogen) atoms. The first-order valence-corrected chi connectivity index (χ1v) is 16.0. The Morgan fingerprint density at radius 2 is 1.54 bits per heavy atom. The molecule has 2 heterocycles. The second kappa shape index (κ2) is 17.7. The van der Waals surface area contributed by atoms with E-state index >= 15 is 4.39 Å². The van der Waals surface area contributed by atoms with E-state index in [1.165, 1.54) is 19.2 Å². The number of rotatable bonds is 12. The highest BCUT2D eigenvalue weighted by molar-refractivity contribution is 6.39. The van der Waals surface area contributed by atoms with Crippen LogP contribution in [0, 0.1) is 11.7 Å². The van der Waals surface area contributed by atoms with Crippen molar-refractivity contribution in [2.24, 2.45) is 5.92 Å². The fourth-order valence-electron chi connectivity index (χ4n) is 5.15. The topological polar surface area (TPSA) is 129 Å². The Hall–Kier alpha value is -5.10. The van der Waals surface area contributed by atoms with Crippen LogP contribution >= 0.6 is 0 Å². The average Bonchev–Trinajstić information content (AvgIpc) is 3.12. The molecule has 0 spiro atoms. The summed E-state index contributed by atoms with van der Waals surface area (Å²) in [6.45, 7) is 6.74. The van der Waals surface area contributed by atoms with Gasteiger partial charge in [-0.1, -0.05) is 19.9 Å². The highest BCUT2D eigenvalue weighted by Crippen LogP contribution is 2.38. The van der Waals surface area contributed by atoms with Crippen LogP contribution < -0.4 is 39.6 Å². The summed E-state index contributed by atoms with van der Waals surface area (Å²) in [5, 5.41) is 8.93. The van der Waals surface area contributed by atoms with Crippen molar-refractivity contribution in [1.29, 1.82) is 0 Å². The van der Waals surface area contributed by atoms with E-state index in [1.807, 2.05) is 19.9 Å². The molecule has 1 aromatic heterocycles. The third-order valence-electron chi connectivity index (χ3n) is 7.68. The number of halogens is 1. The summed E-state index contributed by atoms with van der Waals surface area (Å²) in [5.74, 6) is 0.493. The number of pyridine rings is 1. The quantitative estimate of drug-likeness (QED) is 0.159. The molecule has 1 fully saturated rings. The third-order valence-corrected chi connectivity index (χ3v) is 7.68. The van der Waals surface area contributed by atoms with Gasteiger partial charge in [-0.3, -0.25) is 14.6 Å². The molecule has 2 amide bonds. The number of piperidine rings is 1. The van der Waals surface area contributed by atoms with E-state index in [0.717, 1.165) is 37.6 Å². The first kappa shape index (κ1) is 35.7. The van der Waals surface area contributed by atoms with Crippen LogP contribution in [0.3, 0.4) is 0 Å². The van der Waals surface area contributed by atoms with Crippen LogP contribution in [0.2, 0.25) is 0 Å². The SMILES string of the molecule is CC.COc1ccc(CCNC(=O)C(=O)Nc2ccc(Oc3ccnc4cc(OCC5CCNCC5)c(OC)cc34)c(F)c2)cc1OC. The van der Waals surface area contributed by atoms with Crippen molar-refractivity contribution in [3.05, 3.63) is 72.2 Å². The predicted octanol–water partition coefficient (Wildman–Crippen LogP) is 5.89.